The van der Waals surface area contributed by atoms with E-state index in [0.717, 1.165) is 11.4 Å². The average molecular weight is 276 g/mol. The molecule has 2 aromatic rings. The lowest BCUT2D eigenvalue weighted by atomic mass is 10.2. The van der Waals surface area contributed by atoms with Gasteiger partial charge in [-0.3, -0.25) is 4.79 Å². The van der Waals surface area contributed by atoms with Gasteiger partial charge in [-0.1, -0.05) is 12.1 Å². The molecule has 0 aliphatic carbocycles. The van der Waals surface area contributed by atoms with E-state index < -0.39 is 0 Å². The summed E-state index contributed by atoms with van der Waals surface area (Å²) >= 11 is 1.66. The molecule has 100 valence electrons. The Balaban J connectivity index is 1.90. The lowest BCUT2D eigenvalue weighted by Crippen LogP contribution is -2.25. The first kappa shape index (κ1) is 13.5. The number of para-hydroxylation sites is 1. The van der Waals surface area contributed by atoms with Crippen LogP contribution in [0.5, 0.6) is 5.75 Å². The maximum absolute atomic E-state index is 12.0. The molecule has 1 heterocycles. The summed E-state index contributed by atoms with van der Waals surface area (Å²) in [6, 6.07) is 7.20. The van der Waals surface area contributed by atoms with Crippen molar-refractivity contribution in [1.29, 1.82) is 0 Å². The van der Waals surface area contributed by atoms with Gasteiger partial charge in [0.05, 0.1) is 17.7 Å². The van der Waals surface area contributed by atoms with Crippen molar-refractivity contribution in [2.45, 2.75) is 13.3 Å². The molecule has 0 aliphatic heterocycles. The van der Waals surface area contributed by atoms with Gasteiger partial charge in [0.2, 0.25) is 0 Å². The maximum Gasteiger partial charge on any atom is 0.255 e. The van der Waals surface area contributed by atoms with Crippen LogP contribution in [-0.2, 0) is 6.42 Å². The van der Waals surface area contributed by atoms with Crippen molar-refractivity contribution in [3.63, 3.8) is 0 Å². The summed E-state index contributed by atoms with van der Waals surface area (Å²) in [7, 11) is 1.56. The number of benzene rings is 1. The monoisotopic (exact) mass is 276 g/mol. The van der Waals surface area contributed by atoms with Gasteiger partial charge in [0, 0.05) is 24.0 Å². The maximum atomic E-state index is 12.0. The topological polar surface area (TPSA) is 51.2 Å². The van der Waals surface area contributed by atoms with Crippen LogP contribution in [0.1, 0.15) is 20.2 Å². The average Bonchev–Trinajstić information content (AvgIpc) is 2.84. The van der Waals surface area contributed by atoms with Crippen molar-refractivity contribution in [1.82, 2.24) is 10.3 Å². The standard InChI is InChI=1S/C14H16N2O2S/c1-10-16-9-11(19-10)7-8-15-14(17)12-5-3-4-6-13(12)18-2/h3-6,9H,7-8H2,1-2H3,(H,15,17). The van der Waals surface area contributed by atoms with Crippen molar-refractivity contribution in [3.8, 4) is 5.75 Å². The number of aryl methyl sites for hydroxylation is 1. The third-order valence-electron chi connectivity index (χ3n) is 2.68. The SMILES string of the molecule is COc1ccccc1C(=O)NCCc1cnc(C)s1. The minimum Gasteiger partial charge on any atom is -0.496 e. The first-order valence-electron chi connectivity index (χ1n) is 6.03. The van der Waals surface area contributed by atoms with Crippen LogP contribution in [0.2, 0.25) is 0 Å². The molecular formula is C14H16N2O2S. The zero-order chi connectivity index (χ0) is 13.7. The number of nitrogens with zero attached hydrogens (tertiary/aromatic N) is 1. The van der Waals surface area contributed by atoms with Gasteiger partial charge < -0.3 is 10.1 Å². The van der Waals surface area contributed by atoms with Crippen LogP contribution in [0, 0.1) is 6.92 Å². The van der Waals surface area contributed by atoms with E-state index in [2.05, 4.69) is 10.3 Å². The van der Waals surface area contributed by atoms with Crippen LogP contribution >= 0.6 is 11.3 Å². The largest absolute Gasteiger partial charge is 0.496 e. The zero-order valence-corrected chi connectivity index (χ0v) is 11.8. The molecule has 1 aromatic carbocycles. The Morgan fingerprint density at radius 3 is 2.89 bits per heavy atom. The lowest BCUT2D eigenvalue weighted by molar-refractivity contribution is 0.0951. The first-order chi connectivity index (χ1) is 9.20. The van der Waals surface area contributed by atoms with Crippen molar-refractivity contribution in [2.24, 2.45) is 0 Å². The molecule has 1 aromatic heterocycles. The van der Waals surface area contributed by atoms with Gasteiger partial charge in [-0.05, 0) is 19.1 Å². The summed E-state index contributed by atoms with van der Waals surface area (Å²) in [4.78, 5) is 17.4. The molecule has 4 nitrogen and oxygen atoms in total. The Bertz CT molecular complexity index is 566. The van der Waals surface area contributed by atoms with Crippen molar-refractivity contribution in [2.75, 3.05) is 13.7 Å². The molecule has 0 saturated heterocycles. The lowest BCUT2D eigenvalue weighted by Gasteiger charge is -2.08. The number of methoxy groups -OCH3 is 1. The highest BCUT2D eigenvalue weighted by Crippen LogP contribution is 2.17. The number of amides is 1. The summed E-state index contributed by atoms with van der Waals surface area (Å²) in [5, 5.41) is 3.94. The van der Waals surface area contributed by atoms with E-state index in [1.54, 1.807) is 30.6 Å². The minimum absolute atomic E-state index is 0.112. The number of ether oxygens (including phenoxy) is 1. The number of hydrogen-bond donors (Lipinski definition) is 1. The molecule has 2 rings (SSSR count). The quantitative estimate of drug-likeness (QED) is 0.912. The van der Waals surface area contributed by atoms with Crippen LogP contribution in [0.25, 0.3) is 0 Å². The molecule has 0 aliphatic rings. The van der Waals surface area contributed by atoms with Crippen molar-refractivity contribution >= 4 is 17.2 Å². The molecule has 1 amide bonds. The molecule has 0 saturated carbocycles. The number of hydrogen-bond acceptors (Lipinski definition) is 4. The summed E-state index contributed by atoms with van der Waals surface area (Å²) in [5.74, 6) is 0.479. The highest BCUT2D eigenvalue weighted by atomic mass is 32.1. The smallest absolute Gasteiger partial charge is 0.255 e. The predicted octanol–water partition coefficient (Wildman–Crippen LogP) is 2.43. The number of carbonyl (C=O) groups excluding carboxylic acids is 1. The minimum atomic E-state index is -0.112. The highest BCUT2D eigenvalue weighted by molar-refractivity contribution is 7.11. The molecule has 0 radical (unpaired) electrons. The molecule has 0 spiro atoms. The third-order valence-corrected chi connectivity index (χ3v) is 3.65. The zero-order valence-electron chi connectivity index (χ0n) is 11.0. The van der Waals surface area contributed by atoms with Gasteiger partial charge in [-0.25, -0.2) is 4.98 Å². The molecule has 0 bridgehead atoms. The number of nitrogens with one attached hydrogen (secondary N) is 1. The van der Waals surface area contributed by atoms with Crippen molar-refractivity contribution < 1.29 is 9.53 Å². The number of rotatable bonds is 5. The molecule has 0 fully saturated rings. The normalized spacial score (nSPS) is 10.2. The second-order valence-corrected chi connectivity index (χ2v) is 5.37. The highest BCUT2D eigenvalue weighted by Gasteiger charge is 2.10. The Kier molecular flexibility index (Phi) is 4.52. The van der Waals surface area contributed by atoms with Crippen LogP contribution in [0.15, 0.2) is 30.5 Å². The summed E-state index contributed by atoms with van der Waals surface area (Å²) in [5.41, 5.74) is 0.561. The molecule has 0 unspecified atom stereocenters. The molecule has 19 heavy (non-hydrogen) atoms. The molecule has 5 heteroatoms. The van der Waals surface area contributed by atoms with Gasteiger partial charge in [-0.2, -0.15) is 0 Å². The third kappa shape index (κ3) is 3.54. The van der Waals surface area contributed by atoms with Gasteiger partial charge in [-0.15, -0.1) is 11.3 Å². The molecule has 0 atom stereocenters. The van der Waals surface area contributed by atoms with Crippen LogP contribution in [0.4, 0.5) is 0 Å². The Labute approximate surface area is 116 Å². The molecule has 1 N–H and O–H groups in total. The number of carbonyl (C=O) groups is 1. The summed E-state index contributed by atoms with van der Waals surface area (Å²) in [6.45, 7) is 2.57. The number of thiazole rings is 1. The van der Waals surface area contributed by atoms with E-state index in [-0.39, 0.29) is 5.91 Å². The molecular weight excluding hydrogens is 260 g/mol. The van der Waals surface area contributed by atoms with E-state index >= 15 is 0 Å². The second kappa shape index (κ2) is 6.33. The van der Waals surface area contributed by atoms with E-state index in [1.807, 2.05) is 25.3 Å². The summed E-state index contributed by atoms with van der Waals surface area (Å²) in [6.07, 6.45) is 2.65. The number of aromatic nitrogens is 1. The predicted molar refractivity (Wildman–Crippen MR) is 75.9 cm³/mol. The summed E-state index contributed by atoms with van der Waals surface area (Å²) < 4.78 is 5.17. The Hall–Kier alpha value is -1.88. The first-order valence-corrected chi connectivity index (χ1v) is 6.85. The Morgan fingerprint density at radius 1 is 1.42 bits per heavy atom. The fourth-order valence-corrected chi connectivity index (χ4v) is 2.54. The van der Waals surface area contributed by atoms with Crippen molar-refractivity contribution in [3.05, 3.63) is 45.9 Å². The van der Waals surface area contributed by atoms with E-state index in [4.69, 9.17) is 4.74 Å². The van der Waals surface area contributed by atoms with Gasteiger partial charge in [0.1, 0.15) is 5.75 Å². The fourth-order valence-electron chi connectivity index (χ4n) is 1.75. The van der Waals surface area contributed by atoms with E-state index in [0.29, 0.717) is 17.9 Å². The fraction of sp³-hybridized carbons (Fsp3) is 0.286. The van der Waals surface area contributed by atoms with E-state index in [9.17, 15) is 4.79 Å². The van der Waals surface area contributed by atoms with E-state index in [1.165, 1.54) is 4.88 Å². The van der Waals surface area contributed by atoms with Crippen LogP contribution < -0.4 is 10.1 Å². The van der Waals surface area contributed by atoms with Gasteiger partial charge in [0.15, 0.2) is 0 Å². The Morgan fingerprint density at radius 2 is 2.21 bits per heavy atom. The van der Waals surface area contributed by atoms with Gasteiger partial charge in [0.25, 0.3) is 5.91 Å². The van der Waals surface area contributed by atoms with Crippen LogP contribution in [0.3, 0.4) is 0 Å². The second-order valence-electron chi connectivity index (χ2n) is 4.05. The van der Waals surface area contributed by atoms with Crippen LogP contribution in [-0.4, -0.2) is 24.5 Å². The van der Waals surface area contributed by atoms with Gasteiger partial charge >= 0.3 is 0 Å².